The van der Waals surface area contributed by atoms with Crippen LogP contribution in [-0.4, -0.2) is 33.5 Å². The third-order valence-corrected chi connectivity index (χ3v) is 3.19. The fourth-order valence-corrected chi connectivity index (χ4v) is 2.17. The number of hydrogen-bond donors (Lipinski definition) is 2. The summed E-state index contributed by atoms with van der Waals surface area (Å²) in [6.45, 7) is 0. The molecule has 0 amide bonds. The van der Waals surface area contributed by atoms with Crippen LogP contribution in [0.25, 0.3) is 0 Å². The van der Waals surface area contributed by atoms with Crippen LogP contribution in [0.4, 0.5) is 5.82 Å². The number of rotatable bonds is 3. The summed E-state index contributed by atoms with van der Waals surface area (Å²) in [5.74, 6) is 0.806. The quantitative estimate of drug-likeness (QED) is 0.603. The summed E-state index contributed by atoms with van der Waals surface area (Å²) < 4.78 is 0. The van der Waals surface area contributed by atoms with E-state index in [0.717, 1.165) is 30.2 Å². The normalized spacial score (nSPS) is 25.5. The van der Waals surface area contributed by atoms with Crippen molar-refractivity contribution in [3.63, 3.8) is 0 Å². The number of aromatic nitrogens is 2. The van der Waals surface area contributed by atoms with Crippen molar-refractivity contribution in [3.05, 3.63) is 12.3 Å². The highest BCUT2D eigenvalue weighted by molar-refractivity contribution is 7.98. The molecule has 0 spiro atoms. The number of aliphatic hydroxyl groups excluding tert-OH is 1. The van der Waals surface area contributed by atoms with Crippen molar-refractivity contribution in [2.75, 3.05) is 11.6 Å². The molecule has 1 aliphatic rings. The molecule has 0 aromatic carbocycles. The Hall–Kier alpha value is -0.810. The van der Waals surface area contributed by atoms with Crippen molar-refractivity contribution < 1.29 is 5.11 Å². The van der Waals surface area contributed by atoms with Crippen molar-refractivity contribution in [2.24, 2.45) is 0 Å². The van der Waals surface area contributed by atoms with Crippen LogP contribution in [0.5, 0.6) is 0 Å². The molecule has 2 rings (SSSR count). The second-order valence-corrected chi connectivity index (χ2v) is 4.45. The zero-order valence-corrected chi connectivity index (χ0v) is 9.50. The first-order valence-corrected chi connectivity index (χ1v) is 6.33. The van der Waals surface area contributed by atoms with Gasteiger partial charge in [0, 0.05) is 6.20 Å². The minimum atomic E-state index is -0.238. The summed E-state index contributed by atoms with van der Waals surface area (Å²) in [4.78, 5) is 8.42. The van der Waals surface area contributed by atoms with Crippen LogP contribution < -0.4 is 5.32 Å². The van der Waals surface area contributed by atoms with Gasteiger partial charge in [-0.3, -0.25) is 0 Å². The van der Waals surface area contributed by atoms with Gasteiger partial charge in [0.15, 0.2) is 5.16 Å². The predicted molar refractivity (Wildman–Crippen MR) is 61.1 cm³/mol. The molecule has 0 aliphatic heterocycles. The lowest BCUT2D eigenvalue weighted by atomic mass is 10.2. The third-order valence-electron chi connectivity index (χ3n) is 2.63. The minimum Gasteiger partial charge on any atom is -0.391 e. The third kappa shape index (κ3) is 2.60. The van der Waals surface area contributed by atoms with Gasteiger partial charge >= 0.3 is 0 Å². The Labute approximate surface area is 93.5 Å². The largest absolute Gasteiger partial charge is 0.391 e. The summed E-state index contributed by atoms with van der Waals surface area (Å²) in [6.07, 6.45) is 6.43. The van der Waals surface area contributed by atoms with E-state index < -0.39 is 0 Å². The van der Waals surface area contributed by atoms with Gasteiger partial charge in [-0.1, -0.05) is 11.8 Å². The Kier molecular flexibility index (Phi) is 3.43. The molecule has 0 unspecified atom stereocenters. The number of aliphatic hydroxyl groups is 1. The molecule has 15 heavy (non-hydrogen) atoms. The fourth-order valence-electron chi connectivity index (χ4n) is 1.82. The van der Waals surface area contributed by atoms with Crippen molar-refractivity contribution in [1.82, 2.24) is 9.97 Å². The van der Waals surface area contributed by atoms with Crippen molar-refractivity contribution >= 4 is 17.6 Å². The molecule has 1 fully saturated rings. The number of nitrogens with one attached hydrogen (secondary N) is 1. The monoisotopic (exact) mass is 225 g/mol. The Balaban J connectivity index is 2.03. The van der Waals surface area contributed by atoms with Crippen LogP contribution in [-0.2, 0) is 0 Å². The maximum absolute atomic E-state index is 9.67. The number of thioether (sulfide) groups is 1. The Morgan fingerprint density at radius 3 is 3.07 bits per heavy atom. The van der Waals surface area contributed by atoms with E-state index in [2.05, 4.69) is 15.3 Å². The summed E-state index contributed by atoms with van der Waals surface area (Å²) in [7, 11) is 0. The Morgan fingerprint density at radius 2 is 2.40 bits per heavy atom. The van der Waals surface area contributed by atoms with E-state index in [1.54, 1.807) is 6.20 Å². The van der Waals surface area contributed by atoms with E-state index in [1.807, 2.05) is 12.3 Å². The van der Waals surface area contributed by atoms with E-state index in [-0.39, 0.29) is 12.1 Å². The lowest BCUT2D eigenvalue weighted by Gasteiger charge is -2.16. The topological polar surface area (TPSA) is 58.0 Å². The summed E-state index contributed by atoms with van der Waals surface area (Å²) in [6, 6.07) is 1.99. The van der Waals surface area contributed by atoms with Gasteiger partial charge < -0.3 is 10.4 Å². The lowest BCUT2D eigenvalue weighted by molar-refractivity contribution is 0.171. The number of nitrogens with zero attached hydrogens (tertiary/aromatic N) is 2. The molecule has 1 aromatic rings. The highest BCUT2D eigenvalue weighted by Crippen LogP contribution is 2.22. The second kappa shape index (κ2) is 4.81. The molecular formula is C10H15N3OS. The van der Waals surface area contributed by atoms with Crippen molar-refractivity contribution in [2.45, 2.75) is 36.6 Å². The van der Waals surface area contributed by atoms with E-state index in [0.29, 0.717) is 0 Å². The smallest absolute Gasteiger partial charge is 0.189 e. The highest BCUT2D eigenvalue weighted by Gasteiger charge is 2.25. The summed E-state index contributed by atoms with van der Waals surface area (Å²) in [5.41, 5.74) is 0. The van der Waals surface area contributed by atoms with Crippen LogP contribution in [0.3, 0.4) is 0 Å². The molecule has 1 saturated carbocycles. The SMILES string of the molecule is CSc1nccc(N[C@H]2CCC[C@@H]2O)n1. The first-order chi connectivity index (χ1) is 7.29. The second-order valence-electron chi connectivity index (χ2n) is 3.68. The number of anilines is 1. The van der Waals surface area contributed by atoms with Crippen molar-refractivity contribution in [1.29, 1.82) is 0 Å². The van der Waals surface area contributed by atoms with Gasteiger partial charge in [-0.25, -0.2) is 9.97 Å². The van der Waals surface area contributed by atoms with Gasteiger partial charge in [-0.05, 0) is 31.6 Å². The zero-order chi connectivity index (χ0) is 10.7. The molecular weight excluding hydrogens is 210 g/mol. The van der Waals surface area contributed by atoms with Gasteiger partial charge in [0.25, 0.3) is 0 Å². The first-order valence-electron chi connectivity index (χ1n) is 5.11. The lowest BCUT2D eigenvalue weighted by Crippen LogP contribution is -2.28. The molecule has 0 saturated heterocycles. The maximum Gasteiger partial charge on any atom is 0.189 e. The molecule has 5 heteroatoms. The maximum atomic E-state index is 9.67. The van der Waals surface area contributed by atoms with Gasteiger partial charge in [0.2, 0.25) is 0 Å². The highest BCUT2D eigenvalue weighted by atomic mass is 32.2. The molecule has 0 bridgehead atoms. The van der Waals surface area contributed by atoms with E-state index in [1.165, 1.54) is 11.8 Å². The van der Waals surface area contributed by atoms with Crippen LogP contribution in [0, 0.1) is 0 Å². The average Bonchev–Trinajstić information content (AvgIpc) is 2.65. The Morgan fingerprint density at radius 1 is 1.53 bits per heavy atom. The summed E-state index contributed by atoms with van der Waals surface area (Å²) >= 11 is 1.52. The van der Waals surface area contributed by atoms with E-state index in [9.17, 15) is 5.11 Å². The molecule has 2 atom stereocenters. The molecule has 1 aliphatic carbocycles. The fraction of sp³-hybridized carbons (Fsp3) is 0.600. The first kappa shape index (κ1) is 10.7. The van der Waals surface area contributed by atoms with Crippen LogP contribution in [0.2, 0.25) is 0 Å². The van der Waals surface area contributed by atoms with Crippen molar-refractivity contribution in [3.8, 4) is 0 Å². The molecule has 4 nitrogen and oxygen atoms in total. The summed E-state index contributed by atoms with van der Waals surface area (Å²) in [5, 5.41) is 13.7. The molecule has 0 radical (unpaired) electrons. The number of hydrogen-bond acceptors (Lipinski definition) is 5. The Bertz CT molecular complexity index is 334. The zero-order valence-electron chi connectivity index (χ0n) is 8.68. The van der Waals surface area contributed by atoms with Crippen LogP contribution >= 0.6 is 11.8 Å². The van der Waals surface area contributed by atoms with Gasteiger partial charge in [-0.15, -0.1) is 0 Å². The van der Waals surface area contributed by atoms with Gasteiger partial charge in [-0.2, -0.15) is 0 Å². The van der Waals surface area contributed by atoms with Crippen LogP contribution in [0.1, 0.15) is 19.3 Å². The van der Waals surface area contributed by atoms with Gasteiger partial charge in [0.1, 0.15) is 5.82 Å². The molecule has 1 heterocycles. The molecule has 1 aromatic heterocycles. The average molecular weight is 225 g/mol. The molecule has 82 valence electrons. The van der Waals surface area contributed by atoms with Gasteiger partial charge in [0.05, 0.1) is 12.1 Å². The molecule has 2 N–H and O–H groups in total. The standard InChI is InChI=1S/C10H15N3OS/c1-15-10-11-6-5-9(13-10)12-7-3-2-4-8(7)14/h5-8,14H,2-4H2,1H3,(H,11,12,13)/t7-,8-/m0/s1. The minimum absolute atomic E-state index is 0.148. The van der Waals surface area contributed by atoms with E-state index >= 15 is 0 Å². The van der Waals surface area contributed by atoms with Crippen LogP contribution in [0.15, 0.2) is 17.4 Å². The van der Waals surface area contributed by atoms with E-state index in [4.69, 9.17) is 0 Å². The predicted octanol–water partition coefficient (Wildman–Crippen LogP) is 1.52.